The Morgan fingerprint density at radius 2 is 2.08 bits per heavy atom. The summed E-state index contributed by atoms with van der Waals surface area (Å²) in [6, 6.07) is 0. The molecule has 1 aliphatic carbocycles. The Balaban J connectivity index is 2.10. The molecule has 0 spiro atoms. The van der Waals surface area contributed by atoms with E-state index >= 15 is 0 Å². The highest BCUT2D eigenvalue weighted by molar-refractivity contribution is 5.30. The fraction of sp³-hybridized carbons (Fsp3) is 0.417. The summed E-state index contributed by atoms with van der Waals surface area (Å²) in [6.07, 6.45) is 13.0. The molecule has 0 atom stereocenters. The van der Waals surface area contributed by atoms with Crippen LogP contribution in [0.5, 0.6) is 0 Å². The molecular formula is C12H15N. The van der Waals surface area contributed by atoms with Gasteiger partial charge in [0.1, 0.15) is 0 Å². The maximum Gasteiger partial charge on any atom is -0.00431 e. The first kappa shape index (κ1) is 8.55. The highest BCUT2D eigenvalue weighted by Gasteiger charge is 2.15. The van der Waals surface area contributed by atoms with Gasteiger partial charge in [-0.3, -0.25) is 0 Å². The van der Waals surface area contributed by atoms with Crippen LogP contribution in [0.2, 0.25) is 0 Å². The topological polar surface area (TPSA) is 12.0 Å². The number of nitrogens with one attached hydrogen (secondary N) is 1. The van der Waals surface area contributed by atoms with E-state index in [0.29, 0.717) is 0 Å². The van der Waals surface area contributed by atoms with Crippen molar-refractivity contribution in [3.05, 3.63) is 41.7 Å². The molecule has 0 radical (unpaired) electrons. The Morgan fingerprint density at radius 3 is 2.92 bits per heavy atom. The molecular weight excluding hydrogens is 158 g/mol. The van der Waals surface area contributed by atoms with Gasteiger partial charge in [-0.1, -0.05) is 18.2 Å². The van der Waals surface area contributed by atoms with Crippen molar-refractivity contribution in [3.8, 4) is 0 Å². The number of rotatable bonds is 1. The molecule has 1 nitrogen and oxygen atoms in total. The minimum atomic E-state index is 0.741. The van der Waals surface area contributed by atoms with E-state index in [2.05, 4.69) is 29.3 Å². The Labute approximate surface area is 79.5 Å². The van der Waals surface area contributed by atoms with Crippen molar-refractivity contribution < 1.29 is 0 Å². The van der Waals surface area contributed by atoms with Crippen LogP contribution in [0, 0.1) is 5.92 Å². The Kier molecular flexibility index (Phi) is 2.81. The molecule has 2 aliphatic rings. The molecule has 0 bridgehead atoms. The van der Waals surface area contributed by atoms with E-state index in [0.717, 1.165) is 19.0 Å². The molecule has 2 rings (SSSR count). The van der Waals surface area contributed by atoms with E-state index in [9.17, 15) is 0 Å². The van der Waals surface area contributed by atoms with Gasteiger partial charge in [-0.05, 0) is 49.6 Å². The zero-order valence-corrected chi connectivity index (χ0v) is 7.79. The Bertz CT molecular complexity index is 284. The zero-order chi connectivity index (χ0) is 8.93. The lowest BCUT2D eigenvalue weighted by atomic mass is 9.89. The van der Waals surface area contributed by atoms with Gasteiger partial charge in [-0.15, -0.1) is 5.73 Å². The van der Waals surface area contributed by atoms with Gasteiger partial charge in [0, 0.05) is 0 Å². The third kappa shape index (κ3) is 2.21. The molecule has 1 heterocycles. The Hall–Kier alpha value is -1.04. The maximum absolute atomic E-state index is 3.38. The van der Waals surface area contributed by atoms with Gasteiger partial charge in [-0.25, -0.2) is 0 Å². The molecule has 0 unspecified atom stereocenters. The molecule has 0 saturated carbocycles. The van der Waals surface area contributed by atoms with Gasteiger partial charge in [0.2, 0.25) is 0 Å². The van der Waals surface area contributed by atoms with Crippen LogP contribution in [-0.4, -0.2) is 13.1 Å². The van der Waals surface area contributed by atoms with Gasteiger partial charge in [-0.2, -0.15) is 0 Å². The van der Waals surface area contributed by atoms with E-state index in [4.69, 9.17) is 0 Å². The predicted octanol–water partition coefficient (Wildman–Crippen LogP) is 2.19. The summed E-state index contributed by atoms with van der Waals surface area (Å²) in [5.41, 5.74) is 4.61. The molecule has 68 valence electrons. The van der Waals surface area contributed by atoms with E-state index < -0.39 is 0 Å². The fourth-order valence-corrected chi connectivity index (χ4v) is 1.88. The van der Waals surface area contributed by atoms with Gasteiger partial charge in [0.05, 0.1) is 0 Å². The van der Waals surface area contributed by atoms with Crippen LogP contribution in [0.1, 0.15) is 12.8 Å². The molecule has 1 saturated heterocycles. The average molecular weight is 173 g/mol. The molecule has 0 aromatic heterocycles. The first-order chi connectivity index (χ1) is 6.47. The van der Waals surface area contributed by atoms with Crippen molar-refractivity contribution in [1.29, 1.82) is 0 Å². The SMILES string of the molecule is C1=CC=CC=C(C2CCNCC2)C=1. The van der Waals surface area contributed by atoms with E-state index in [1.165, 1.54) is 18.4 Å². The van der Waals surface area contributed by atoms with Crippen molar-refractivity contribution in [2.75, 3.05) is 13.1 Å². The third-order valence-electron chi connectivity index (χ3n) is 2.65. The van der Waals surface area contributed by atoms with Crippen LogP contribution in [0.15, 0.2) is 41.7 Å². The number of piperidine rings is 1. The first-order valence-electron chi connectivity index (χ1n) is 4.97. The lowest BCUT2D eigenvalue weighted by molar-refractivity contribution is 0.425. The minimum absolute atomic E-state index is 0.741. The second-order valence-electron chi connectivity index (χ2n) is 3.55. The minimum Gasteiger partial charge on any atom is -0.317 e. The van der Waals surface area contributed by atoms with Crippen molar-refractivity contribution in [3.63, 3.8) is 0 Å². The smallest absolute Gasteiger partial charge is 0.00431 e. The largest absolute Gasteiger partial charge is 0.317 e. The maximum atomic E-state index is 3.38. The number of allylic oxidation sites excluding steroid dienone is 5. The summed E-state index contributed by atoms with van der Waals surface area (Å²) in [5, 5.41) is 3.38. The first-order valence-corrected chi connectivity index (χ1v) is 4.97. The third-order valence-corrected chi connectivity index (χ3v) is 2.65. The van der Waals surface area contributed by atoms with E-state index in [1.807, 2.05) is 12.2 Å². The lowest BCUT2D eigenvalue weighted by Crippen LogP contribution is -2.28. The summed E-state index contributed by atoms with van der Waals surface area (Å²) in [6.45, 7) is 2.31. The zero-order valence-electron chi connectivity index (χ0n) is 7.79. The van der Waals surface area contributed by atoms with E-state index in [1.54, 1.807) is 0 Å². The second-order valence-corrected chi connectivity index (χ2v) is 3.55. The fourth-order valence-electron chi connectivity index (χ4n) is 1.88. The summed E-state index contributed by atoms with van der Waals surface area (Å²) < 4.78 is 0. The van der Waals surface area contributed by atoms with Crippen LogP contribution < -0.4 is 5.32 Å². The Morgan fingerprint density at radius 1 is 1.23 bits per heavy atom. The molecule has 0 aromatic carbocycles. The molecule has 1 fully saturated rings. The molecule has 1 aliphatic heterocycles. The van der Waals surface area contributed by atoms with Crippen molar-refractivity contribution in [2.24, 2.45) is 5.92 Å². The predicted molar refractivity (Wildman–Crippen MR) is 55.5 cm³/mol. The van der Waals surface area contributed by atoms with Crippen molar-refractivity contribution >= 4 is 0 Å². The quantitative estimate of drug-likeness (QED) is 0.599. The summed E-state index contributed by atoms with van der Waals surface area (Å²) in [4.78, 5) is 0. The van der Waals surface area contributed by atoms with Crippen LogP contribution in [0.3, 0.4) is 0 Å². The molecule has 0 amide bonds. The molecule has 13 heavy (non-hydrogen) atoms. The van der Waals surface area contributed by atoms with E-state index in [-0.39, 0.29) is 0 Å². The van der Waals surface area contributed by atoms with Gasteiger partial charge in [0.15, 0.2) is 0 Å². The number of hydrogen-bond acceptors (Lipinski definition) is 1. The average Bonchev–Trinajstić information content (AvgIpc) is 2.47. The van der Waals surface area contributed by atoms with Crippen LogP contribution in [0.4, 0.5) is 0 Å². The molecule has 0 aromatic rings. The van der Waals surface area contributed by atoms with Crippen molar-refractivity contribution in [1.82, 2.24) is 5.32 Å². The second kappa shape index (κ2) is 4.27. The number of hydrogen-bond donors (Lipinski definition) is 1. The summed E-state index contributed by atoms with van der Waals surface area (Å²) >= 11 is 0. The molecule has 1 N–H and O–H groups in total. The monoisotopic (exact) mass is 173 g/mol. The lowest BCUT2D eigenvalue weighted by Gasteiger charge is -2.23. The summed E-state index contributed by atoms with van der Waals surface area (Å²) in [7, 11) is 0. The van der Waals surface area contributed by atoms with Gasteiger partial charge in [0.25, 0.3) is 0 Å². The van der Waals surface area contributed by atoms with Crippen LogP contribution in [0.25, 0.3) is 0 Å². The highest BCUT2D eigenvalue weighted by Crippen LogP contribution is 2.22. The van der Waals surface area contributed by atoms with Crippen LogP contribution in [-0.2, 0) is 0 Å². The standard InChI is InChI=1S/C12H15N/c1-2-4-6-11(5-3-1)12-7-9-13-10-8-12/h1-3,5-6,12-13H,7-10H2. The van der Waals surface area contributed by atoms with Crippen LogP contribution >= 0.6 is 0 Å². The normalized spacial score (nSPS) is 22.9. The molecule has 1 heteroatoms. The van der Waals surface area contributed by atoms with Crippen molar-refractivity contribution in [2.45, 2.75) is 12.8 Å². The van der Waals surface area contributed by atoms with Gasteiger partial charge >= 0.3 is 0 Å². The highest BCUT2D eigenvalue weighted by atomic mass is 14.9. The van der Waals surface area contributed by atoms with Gasteiger partial charge < -0.3 is 5.32 Å². The summed E-state index contributed by atoms with van der Waals surface area (Å²) in [5.74, 6) is 0.741.